The molecular weight excluding hydrogens is 414 g/mol. The van der Waals surface area contributed by atoms with Gasteiger partial charge in [-0.05, 0) is 99.5 Å². The number of likely N-dealkylation sites (N-methyl/N-ethyl adjacent to an activating group) is 1. The summed E-state index contributed by atoms with van der Waals surface area (Å²) in [5.41, 5.74) is 3.38. The first-order valence-electron chi connectivity index (χ1n) is 10.5. The smallest absolute Gasteiger partial charge is 0.177 e. The number of aryl methyl sites for hydroxylation is 1. The molecule has 4 nitrogen and oxygen atoms in total. The van der Waals surface area contributed by atoms with E-state index in [1.165, 1.54) is 5.56 Å². The number of thiocarbonyl (C=S) groups is 1. The predicted molar refractivity (Wildman–Crippen MR) is 132 cm³/mol. The molecule has 2 aromatic rings. The Morgan fingerprint density at radius 3 is 2.83 bits per heavy atom. The van der Waals surface area contributed by atoms with E-state index in [4.69, 9.17) is 28.6 Å². The summed E-state index contributed by atoms with van der Waals surface area (Å²) in [6.07, 6.45) is 6.20. The van der Waals surface area contributed by atoms with Crippen LogP contribution in [0.1, 0.15) is 24.8 Å². The lowest BCUT2D eigenvalue weighted by atomic mass is 10.0. The minimum absolute atomic E-state index is 0.704. The van der Waals surface area contributed by atoms with E-state index in [0.29, 0.717) is 10.1 Å². The van der Waals surface area contributed by atoms with E-state index in [1.807, 2.05) is 36.4 Å². The molecule has 0 unspecified atom stereocenters. The quantitative estimate of drug-likeness (QED) is 0.302. The van der Waals surface area contributed by atoms with Crippen LogP contribution in [-0.4, -0.2) is 43.3 Å². The van der Waals surface area contributed by atoms with Crippen LogP contribution in [0.4, 0.5) is 11.4 Å². The topological polar surface area (TPSA) is 27.7 Å². The van der Waals surface area contributed by atoms with Crippen LogP contribution in [0, 0.1) is 0 Å². The van der Waals surface area contributed by atoms with Gasteiger partial charge < -0.3 is 19.9 Å². The Morgan fingerprint density at radius 2 is 2.07 bits per heavy atom. The Labute approximate surface area is 190 Å². The van der Waals surface area contributed by atoms with E-state index in [2.05, 4.69) is 40.9 Å². The summed E-state index contributed by atoms with van der Waals surface area (Å²) in [5, 5.41) is 4.74. The minimum atomic E-state index is 0.704. The van der Waals surface area contributed by atoms with E-state index in [9.17, 15) is 0 Å². The number of hydrogen-bond donors (Lipinski definition) is 1. The highest BCUT2D eigenvalue weighted by molar-refractivity contribution is 7.80. The van der Waals surface area contributed by atoms with Crippen LogP contribution in [0.15, 0.2) is 55.1 Å². The second-order valence-electron chi connectivity index (χ2n) is 7.59. The molecule has 0 spiro atoms. The van der Waals surface area contributed by atoms with Crippen LogP contribution in [0.2, 0.25) is 5.02 Å². The summed E-state index contributed by atoms with van der Waals surface area (Å²) in [6.45, 7) is 7.41. The number of unbranched alkanes of at least 4 members (excludes halogenated alkanes) is 1. The first-order valence-corrected chi connectivity index (χ1v) is 11.2. The van der Waals surface area contributed by atoms with Gasteiger partial charge >= 0.3 is 0 Å². The lowest BCUT2D eigenvalue weighted by molar-refractivity contribution is 0.287. The van der Waals surface area contributed by atoms with Gasteiger partial charge in [0.1, 0.15) is 5.75 Å². The first-order chi connectivity index (χ1) is 14.6. The normalized spacial score (nSPS) is 13.1. The molecule has 0 radical (unpaired) electrons. The molecule has 0 aliphatic carbocycles. The van der Waals surface area contributed by atoms with Gasteiger partial charge in [0.15, 0.2) is 5.11 Å². The van der Waals surface area contributed by atoms with E-state index < -0.39 is 0 Å². The van der Waals surface area contributed by atoms with Crippen molar-refractivity contribution >= 4 is 40.3 Å². The Kier molecular flexibility index (Phi) is 8.55. The summed E-state index contributed by atoms with van der Waals surface area (Å²) in [7, 11) is 2.12. The molecule has 6 heteroatoms. The van der Waals surface area contributed by atoms with Gasteiger partial charge in [0.25, 0.3) is 0 Å². The van der Waals surface area contributed by atoms with Crippen molar-refractivity contribution in [2.45, 2.75) is 25.7 Å². The molecule has 2 aromatic carbocycles. The number of rotatable bonds is 9. The lowest BCUT2D eigenvalue weighted by Crippen LogP contribution is -2.38. The van der Waals surface area contributed by atoms with Crippen molar-refractivity contribution in [2.75, 3.05) is 43.5 Å². The van der Waals surface area contributed by atoms with Crippen LogP contribution in [0.25, 0.3) is 0 Å². The monoisotopic (exact) mass is 443 g/mol. The van der Waals surface area contributed by atoms with E-state index in [0.717, 1.165) is 69.0 Å². The van der Waals surface area contributed by atoms with Gasteiger partial charge in [0.2, 0.25) is 0 Å². The number of hydrogen-bond acceptors (Lipinski definition) is 3. The molecular formula is C24H30ClN3OS. The largest absolute Gasteiger partial charge is 0.494 e. The van der Waals surface area contributed by atoms with E-state index in [-0.39, 0.29) is 0 Å². The number of nitrogens with zero attached hydrogens (tertiary/aromatic N) is 2. The number of halogens is 1. The zero-order valence-electron chi connectivity index (χ0n) is 17.6. The third-order valence-corrected chi connectivity index (χ3v) is 5.73. The molecule has 1 N–H and O–H groups in total. The third-order valence-electron chi connectivity index (χ3n) is 5.15. The average Bonchev–Trinajstić information content (AvgIpc) is 2.74. The second-order valence-corrected chi connectivity index (χ2v) is 8.41. The molecule has 0 amide bonds. The summed E-state index contributed by atoms with van der Waals surface area (Å²) in [5.74, 6) is 0.937. The summed E-state index contributed by atoms with van der Waals surface area (Å²) < 4.78 is 6.00. The molecule has 30 heavy (non-hydrogen) atoms. The van der Waals surface area contributed by atoms with Gasteiger partial charge in [-0.2, -0.15) is 0 Å². The molecule has 0 fully saturated rings. The zero-order valence-corrected chi connectivity index (χ0v) is 19.1. The standard InChI is InChI=1S/C24H30ClN3OS/c1-3-14-27(2)15-4-5-17-29-22-12-13-23-19(18-22)7-6-16-28(23)24(30)26-21-10-8-20(25)9-11-21/h3,8-13,18H,1,4-7,14-17H2,2H3,(H,26,30). The van der Waals surface area contributed by atoms with Crippen molar-refractivity contribution in [2.24, 2.45) is 0 Å². The molecule has 1 aliphatic heterocycles. The van der Waals surface area contributed by atoms with E-state index in [1.54, 1.807) is 0 Å². The number of fused-ring (bicyclic) bond motifs is 1. The predicted octanol–water partition coefficient (Wildman–Crippen LogP) is 5.77. The van der Waals surface area contributed by atoms with Crippen molar-refractivity contribution in [1.82, 2.24) is 4.90 Å². The van der Waals surface area contributed by atoms with Gasteiger partial charge in [-0.25, -0.2) is 0 Å². The van der Waals surface area contributed by atoms with Crippen molar-refractivity contribution in [3.63, 3.8) is 0 Å². The number of ether oxygens (including phenoxy) is 1. The Balaban J connectivity index is 1.54. The maximum atomic E-state index is 6.00. The van der Waals surface area contributed by atoms with Gasteiger partial charge in [-0.3, -0.25) is 0 Å². The fourth-order valence-corrected chi connectivity index (χ4v) is 4.02. The number of benzene rings is 2. The number of anilines is 2. The molecule has 0 saturated carbocycles. The molecule has 1 heterocycles. The summed E-state index contributed by atoms with van der Waals surface area (Å²) in [4.78, 5) is 4.43. The van der Waals surface area contributed by atoms with Crippen LogP contribution < -0.4 is 15.0 Å². The van der Waals surface area contributed by atoms with Crippen LogP contribution >= 0.6 is 23.8 Å². The average molecular weight is 444 g/mol. The molecule has 1 aliphatic rings. The lowest BCUT2D eigenvalue weighted by Gasteiger charge is -2.32. The van der Waals surface area contributed by atoms with Gasteiger partial charge in [-0.1, -0.05) is 17.7 Å². The fraction of sp³-hybridized carbons (Fsp3) is 0.375. The number of nitrogens with one attached hydrogen (secondary N) is 1. The van der Waals surface area contributed by atoms with Gasteiger partial charge in [0, 0.05) is 29.5 Å². The third kappa shape index (κ3) is 6.46. The Hall–Kier alpha value is -2.08. The highest BCUT2D eigenvalue weighted by Gasteiger charge is 2.20. The molecule has 3 rings (SSSR count). The van der Waals surface area contributed by atoms with Crippen molar-refractivity contribution < 1.29 is 4.74 Å². The SMILES string of the molecule is C=CCN(C)CCCCOc1ccc2c(c1)CCCN2C(=S)Nc1ccc(Cl)cc1. The Bertz CT molecular complexity index is 856. The second kappa shape index (κ2) is 11.3. The molecule has 0 atom stereocenters. The Morgan fingerprint density at radius 1 is 1.27 bits per heavy atom. The highest BCUT2D eigenvalue weighted by Crippen LogP contribution is 2.31. The first kappa shape index (κ1) is 22.6. The van der Waals surface area contributed by atoms with E-state index >= 15 is 0 Å². The van der Waals surface area contributed by atoms with Crippen molar-refractivity contribution in [3.05, 3.63) is 65.7 Å². The minimum Gasteiger partial charge on any atom is -0.494 e. The van der Waals surface area contributed by atoms with Crippen LogP contribution in [0.3, 0.4) is 0 Å². The maximum absolute atomic E-state index is 6.00. The summed E-state index contributed by atoms with van der Waals surface area (Å²) in [6, 6.07) is 13.9. The zero-order chi connectivity index (χ0) is 21.3. The fourth-order valence-electron chi connectivity index (χ4n) is 3.58. The molecule has 160 valence electrons. The van der Waals surface area contributed by atoms with Crippen molar-refractivity contribution in [3.8, 4) is 5.75 Å². The van der Waals surface area contributed by atoms with Gasteiger partial charge in [0.05, 0.1) is 6.61 Å². The molecule has 0 saturated heterocycles. The van der Waals surface area contributed by atoms with Crippen LogP contribution in [-0.2, 0) is 6.42 Å². The maximum Gasteiger partial charge on any atom is 0.177 e. The van der Waals surface area contributed by atoms with Gasteiger partial charge in [-0.15, -0.1) is 6.58 Å². The van der Waals surface area contributed by atoms with Crippen molar-refractivity contribution in [1.29, 1.82) is 0 Å². The van der Waals surface area contributed by atoms with Crippen LogP contribution in [0.5, 0.6) is 5.75 Å². The highest BCUT2D eigenvalue weighted by atomic mass is 35.5. The molecule has 0 bridgehead atoms. The molecule has 0 aromatic heterocycles. The summed E-state index contributed by atoms with van der Waals surface area (Å²) >= 11 is 11.6.